The Bertz CT molecular complexity index is 230. The number of nitrogens with two attached hydrogens (primary N) is 1. The molecule has 1 heterocycles. The van der Waals surface area contributed by atoms with E-state index in [1.54, 1.807) is 11.8 Å². The van der Waals surface area contributed by atoms with Gasteiger partial charge in [-0.2, -0.15) is 0 Å². The quantitative estimate of drug-likeness (QED) is 0.641. The van der Waals surface area contributed by atoms with Gasteiger partial charge in [-0.15, -0.1) is 11.6 Å². The van der Waals surface area contributed by atoms with Crippen LogP contribution in [-0.4, -0.2) is 35.2 Å². The van der Waals surface area contributed by atoms with E-state index in [-0.39, 0.29) is 17.7 Å². The predicted molar refractivity (Wildman–Crippen MR) is 49.2 cm³/mol. The minimum absolute atomic E-state index is 0.120. The highest BCUT2D eigenvalue weighted by Crippen LogP contribution is 2.17. The van der Waals surface area contributed by atoms with Gasteiger partial charge in [-0.3, -0.25) is 9.59 Å². The van der Waals surface area contributed by atoms with Crippen molar-refractivity contribution in [3.05, 3.63) is 0 Å². The topological polar surface area (TPSA) is 63.4 Å². The zero-order valence-electron chi connectivity index (χ0n) is 7.50. The van der Waals surface area contributed by atoms with Crippen LogP contribution in [-0.2, 0) is 9.59 Å². The summed E-state index contributed by atoms with van der Waals surface area (Å²) in [6, 6.07) is 0. The van der Waals surface area contributed by atoms with Crippen LogP contribution >= 0.6 is 11.6 Å². The molecule has 0 spiro atoms. The molecule has 13 heavy (non-hydrogen) atoms. The minimum atomic E-state index is -0.522. The average Bonchev–Trinajstić information content (AvgIpc) is 2.50. The molecule has 1 saturated heterocycles. The van der Waals surface area contributed by atoms with Crippen LogP contribution in [0, 0.1) is 5.92 Å². The lowest BCUT2D eigenvalue weighted by molar-refractivity contribution is -0.129. The molecule has 1 aliphatic rings. The van der Waals surface area contributed by atoms with Crippen molar-refractivity contribution in [2.24, 2.45) is 11.7 Å². The first-order chi connectivity index (χ1) is 6.02. The highest BCUT2D eigenvalue weighted by Gasteiger charge is 2.30. The number of halogens is 1. The first-order valence-electron chi connectivity index (χ1n) is 4.24. The van der Waals surface area contributed by atoms with E-state index in [9.17, 15) is 9.59 Å². The van der Waals surface area contributed by atoms with Gasteiger partial charge < -0.3 is 10.6 Å². The van der Waals surface area contributed by atoms with E-state index in [2.05, 4.69) is 0 Å². The lowest BCUT2D eigenvalue weighted by atomic mass is 10.1. The maximum absolute atomic E-state index is 11.4. The molecule has 2 N–H and O–H groups in total. The highest BCUT2D eigenvalue weighted by molar-refractivity contribution is 6.30. The third-order valence-electron chi connectivity index (χ3n) is 2.24. The van der Waals surface area contributed by atoms with E-state index in [4.69, 9.17) is 17.3 Å². The fourth-order valence-electron chi connectivity index (χ4n) is 1.44. The van der Waals surface area contributed by atoms with Crippen molar-refractivity contribution in [2.45, 2.75) is 18.7 Å². The number of nitrogens with zero attached hydrogens (tertiary/aromatic N) is 1. The van der Waals surface area contributed by atoms with E-state index in [1.807, 2.05) is 0 Å². The number of amides is 2. The summed E-state index contributed by atoms with van der Waals surface area (Å²) < 4.78 is 0. The fourth-order valence-corrected chi connectivity index (χ4v) is 1.58. The number of likely N-dealkylation sites (tertiary alicyclic amines) is 1. The second-order valence-corrected chi connectivity index (χ2v) is 3.94. The van der Waals surface area contributed by atoms with Gasteiger partial charge in [0.05, 0.1) is 5.92 Å². The Kier molecular flexibility index (Phi) is 3.14. The largest absolute Gasteiger partial charge is 0.369 e. The van der Waals surface area contributed by atoms with Gasteiger partial charge in [0, 0.05) is 13.1 Å². The molecule has 1 fully saturated rings. The first-order valence-corrected chi connectivity index (χ1v) is 4.68. The minimum Gasteiger partial charge on any atom is -0.369 e. The Morgan fingerprint density at radius 2 is 2.23 bits per heavy atom. The Balaban J connectivity index is 2.50. The molecule has 74 valence electrons. The van der Waals surface area contributed by atoms with Gasteiger partial charge in [-0.25, -0.2) is 0 Å². The molecule has 4 nitrogen and oxygen atoms in total. The van der Waals surface area contributed by atoms with Crippen LogP contribution in [0.3, 0.4) is 0 Å². The molecule has 0 aliphatic carbocycles. The molecule has 5 heteroatoms. The SMILES string of the molecule is CC(Cl)C(=O)N1CCC(C(N)=O)C1. The number of hydrogen-bond donors (Lipinski definition) is 1. The highest BCUT2D eigenvalue weighted by atomic mass is 35.5. The van der Waals surface area contributed by atoms with Crippen LogP contribution in [0.2, 0.25) is 0 Å². The lowest BCUT2D eigenvalue weighted by Gasteiger charge is -2.16. The second-order valence-electron chi connectivity index (χ2n) is 3.29. The van der Waals surface area contributed by atoms with Gasteiger partial charge in [0.2, 0.25) is 11.8 Å². The molecule has 0 saturated carbocycles. The number of hydrogen-bond acceptors (Lipinski definition) is 2. The molecule has 1 aliphatic heterocycles. The monoisotopic (exact) mass is 204 g/mol. The van der Waals surface area contributed by atoms with Gasteiger partial charge in [0.1, 0.15) is 5.38 Å². The predicted octanol–water partition coefficient (Wildman–Crippen LogP) is -0.0525. The van der Waals surface area contributed by atoms with Crippen molar-refractivity contribution in [2.75, 3.05) is 13.1 Å². The number of carbonyl (C=O) groups is 2. The van der Waals surface area contributed by atoms with Gasteiger partial charge >= 0.3 is 0 Å². The molecule has 0 aromatic carbocycles. The Morgan fingerprint density at radius 3 is 2.62 bits per heavy atom. The molecule has 0 bridgehead atoms. The van der Waals surface area contributed by atoms with Crippen molar-refractivity contribution < 1.29 is 9.59 Å². The van der Waals surface area contributed by atoms with Crippen LogP contribution in [0.4, 0.5) is 0 Å². The van der Waals surface area contributed by atoms with E-state index < -0.39 is 5.38 Å². The standard InChI is InChI=1S/C8H13ClN2O2/c1-5(9)8(13)11-3-2-6(4-11)7(10)12/h5-6H,2-4H2,1H3,(H2,10,12). The third kappa shape index (κ3) is 2.34. The normalized spacial score (nSPS) is 24.5. The summed E-state index contributed by atoms with van der Waals surface area (Å²) in [5.74, 6) is -0.651. The number of alkyl halides is 1. The van der Waals surface area contributed by atoms with Crippen LogP contribution in [0.1, 0.15) is 13.3 Å². The number of carbonyl (C=O) groups excluding carboxylic acids is 2. The fraction of sp³-hybridized carbons (Fsp3) is 0.750. The molecular formula is C8H13ClN2O2. The molecule has 2 amide bonds. The summed E-state index contributed by atoms with van der Waals surface area (Å²) in [6.07, 6.45) is 0.657. The van der Waals surface area contributed by atoms with Gasteiger partial charge in [-0.05, 0) is 13.3 Å². The van der Waals surface area contributed by atoms with Gasteiger partial charge in [0.25, 0.3) is 0 Å². The van der Waals surface area contributed by atoms with Crippen LogP contribution in [0.25, 0.3) is 0 Å². The second kappa shape index (κ2) is 3.96. The Morgan fingerprint density at radius 1 is 1.62 bits per heavy atom. The summed E-state index contributed by atoms with van der Waals surface area (Å²) in [5, 5.41) is -0.522. The van der Waals surface area contributed by atoms with Gasteiger partial charge in [-0.1, -0.05) is 0 Å². The summed E-state index contributed by atoms with van der Waals surface area (Å²) in [6.45, 7) is 2.64. The van der Waals surface area contributed by atoms with E-state index in [1.165, 1.54) is 0 Å². The van der Waals surface area contributed by atoms with Crippen molar-refractivity contribution >= 4 is 23.4 Å². The third-order valence-corrected chi connectivity index (χ3v) is 2.43. The first kappa shape index (κ1) is 10.3. The van der Waals surface area contributed by atoms with Crippen LogP contribution in [0.5, 0.6) is 0 Å². The van der Waals surface area contributed by atoms with E-state index >= 15 is 0 Å². The van der Waals surface area contributed by atoms with E-state index in [0.717, 1.165) is 0 Å². The molecule has 0 radical (unpaired) electrons. The van der Waals surface area contributed by atoms with Crippen molar-refractivity contribution in [3.63, 3.8) is 0 Å². The van der Waals surface area contributed by atoms with E-state index in [0.29, 0.717) is 19.5 Å². The van der Waals surface area contributed by atoms with Crippen LogP contribution in [0.15, 0.2) is 0 Å². The van der Waals surface area contributed by atoms with Crippen molar-refractivity contribution in [3.8, 4) is 0 Å². The molecule has 2 atom stereocenters. The number of rotatable bonds is 2. The molecule has 2 unspecified atom stereocenters. The summed E-state index contributed by atoms with van der Waals surface area (Å²) in [4.78, 5) is 23.7. The Hall–Kier alpha value is -0.770. The summed E-state index contributed by atoms with van der Waals surface area (Å²) >= 11 is 5.63. The molecule has 1 rings (SSSR count). The summed E-state index contributed by atoms with van der Waals surface area (Å²) in [5.41, 5.74) is 5.13. The van der Waals surface area contributed by atoms with Crippen molar-refractivity contribution in [1.29, 1.82) is 0 Å². The maximum Gasteiger partial charge on any atom is 0.240 e. The molecule has 0 aromatic heterocycles. The molecule has 0 aromatic rings. The lowest BCUT2D eigenvalue weighted by Crippen LogP contribution is -2.35. The van der Waals surface area contributed by atoms with Crippen molar-refractivity contribution in [1.82, 2.24) is 4.90 Å². The number of primary amides is 1. The summed E-state index contributed by atoms with van der Waals surface area (Å²) in [7, 11) is 0. The van der Waals surface area contributed by atoms with Crippen LogP contribution < -0.4 is 5.73 Å². The molecular weight excluding hydrogens is 192 g/mol. The zero-order chi connectivity index (χ0) is 10.0. The smallest absolute Gasteiger partial charge is 0.240 e. The van der Waals surface area contributed by atoms with Gasteiger partial charge in [0.15, 0.2) is 0 Å². The maximum atomic E-state index is 11.4. The Labute approximate surface area is 82.0 Å². The average molecular weight is 205 g/mol. The zero-order valence-corrected chi connectivity index (χ0v) is 8.25.